The molecule has 0 saturated carbocycles. The molecule has 0 heterocycles. The van der Waals surface area contributed by atoms with Crippen LogP contribution in [-0.2, 0) is 4.80 Å². The molecule has 0 aromatic heterocycles. The van der Waals surface area contributed by atoms with Gasteiger partial charge < -0.3 is 0 Å². The summed E-state index contributed by atoms with van der Waals surface area (Å²) < 4.78 is 0. The fourth-order valence-electron chi connectivity index (χ4n) is 1.90. The van der Waals surface area contributed by atoms with Gasteiger partial charge in [-0.3, -0.25) is 4.80 Å². The number of hydrogen-bond acceptors (Lipinski definition) is 0. The first-order valence-corrected chi connectivity index (χ1v) is 7.92. The van der Waals surface area contributed by atoms with Crippen LogP contribution in [0.25, 0.3) is 0 Å². The number of rotatable bonds is 6. The molecule has 0 bridgehead atoms. The molecule has 13 heavy (non-hydrogen) atoms. The fraction of sp³-hybridized carbons (Fsp3) is 1.00. The zero-order chi connectivity index (χ0) is 10.5. The summed E-state index contributed by atoms with van der Waals surface area (Å²) in [7, 11) is -2.19. The van der Waals surface area contributed by atoms with Crippen LogP contribution in [0.5, 0.6) is 0 Å². The van der Waals surface area contributed by atoms with Gasteiger partial charge in [0.05, 0.1) is 0 Å². The summed E-state index contributed by atoms with van der Waals surface area (Å²) >= 11 is 0. The lowest BCUT2D eigenvalue weighted by Gasteiger charge is -2.30. The molecule has 79 valence electrons. The monoisotopic (exact) mass is 201 g/mol. The van der Waals surface area contributed by atoms with E-state index in [4.69, 9.17) is 0 Å². The predicted molar refractivity (Wildman–Crippen MR) is 61.0 cm³/mol. The zero-order valence-corrected chi connectivity index (χ0v) is 10.9. The molecule has 0 aliphatic rings. The van der Waals surface area contributed by atoms with Crippen LogP contribution in [0.4, 0.5) is 0 Å². The van der Waals surface area contributed by atoms with Crippen molar-refractivity contribution in [2.45, 2.75) is 71.0 Å². The number of hydrogen-bond donors (Lipinski definition) is 0. The molecule has 0 atom stereocenters. The van der Waals surface area contributed by atoms with Crippen molar-refractivity contribution >= 4 is 8.32 Å². The van der Waals surface area contributed by atoms with E-state index in [-0.39, 0.29) is 0 Å². The van der Waals surface area contributed by atoms with Crippen LogP contribution in [0.15, 0.2) is 0 Å². The van der Waals surface area contributed by atoms with Gasteiger partial charge in [-0.15, -0.1) is 0 Å². The van der Waals surface area contributed by atoms with E-state index in [9.17, 15) is 4.80 Å². The third-order valence-corrected chi connectivity index (χ3v) is 8.17. The Kier molecular flexibility index (Phi) is 5.89. The lowest BCUT2D eigenvalue weighted by molar-refractivity contribution is 0.383. The quantitative estimate of drug-likeness (QED) is 0.449. The van der Waals surface area contributed by atoms with E-state index in [1.165, 1.54) is 12.8 Å². The summed E-state index contributed by atoms with van der Waals surface area (Å²) in [6.07, 6.45) is 3.61. The van der Waals surface area contributed by atoms with Gasteiger partial charge in [0.25, 0.3) is 0 Å². The first-order valence-electron chi connectivity index (χ1n) is 5.65. The van der Waals surface area contributed by atoms with Crippen LogP contribution < -0.4 is 0 Å². The van der Waals surface area contributed by atoms with E-state index in [1.807, 2.05) is 0 Å². The maximum atomic E-state index is 12.5. The van der Waals surface area contributed by atoms with Crippen molar-refractivity contribution in [1.82, 2.24) is 0 Å². The van der Waals surface area contributed by atoms with E-state index >= 15 is 0 Å². The highest BCUT2D eigenvalue weighted by atomic mass is 28.4. The van der Waals surface area contributed by atoms with Crippen molar-refractivity contribution in [3.8, 4) is 0 Å². The van der Waals surface area contributed by atoms with Crippen LogP contribution in [0.1, 0.15) is 53.9 Å². The van der Waals surface area contributed by atoms with Crippen LogP contribution in [-0.4, -0.2) is 8.32 Å². The van der Waals surface area contributed by atoms with Gasteiger partial charge in [0.2, 0.25) is 8.32 Å². The Bertz CT molecular complexity index is 124. The molecule has 1 nitrogen and oxygen atoms in total. The minimum absolute atomic E-state index is 0.393. The Hall–Kier alpha value is 0.177. The van der Waals surface area contributed by atoms with Crippen molar-refractivity contribution in [2.75, 3.05) is 0 Å². The SMILES string of the molecule is CCCCC[Si]([O])(C(C)C)C(C)C. The van der Waals surface area contributed by atoms with E-state index in [2.05, 4.69) is 34.6 Å². The predicted octanol–water partition coefficient (Wildman–Crippen LogP) is 4.37. The van der Waals surface area contributed by atoms with Gasteiger partial charge in [0.1, 0.15) is 0 Å². The van der Waals surface area contributed by atoms with Crippen molar-refractivity contribution in [1.29, 1.82) is 0 Å². The highest BCUT2D eigenvalue weighted by Gasteiger charge is 2.40. The molecular formula is C11H25OSi. The van der Waals surface area contributed by atoms with Crippen molar-refractivity contribution < 1.29 is 4.80 Å². The van der Waals surface area contributed by atoms with Gasteiger partial charge in [-0.1, -0.05) is 53.9 Å². The molecular weight excluding hydrogens is 176 g/mol. The minimum Gasteiger partial charge on any atom is -0.297 e. The topological polar surface area (TPSA) is 19.9 Å². The first kappa shape index (κ1) is 13.2. The van der Waals surface area contributed by atoms with E-state index in [0.29, 0.717) is 11.1 Å². The van der Waals surface area contributed by atoms with Crippen molar-refractivity contribution in [2.24, 2.45) is 0 Å². The second kappa shape index (κ2) is 5.81. The zero-order valence-electron chi connectivity index (χ0n) is 9.89. The van der Waals surface area contributed by atoms with Crippen LogP contribution in [0.2, 0.25) is 17.1 Å². The molecule has 0 aliphatic carbocycles. The van der Waals surface area contributed by atoms with Crippen molar-refractivity contribution in [3.05, 3.63) is 0 Å². The molecule has 2 heteroatoms. The Balaban J connectivity index is 4.09. The maximum Gasteiger partial charge on any atom is 0.242 e. The van der Waals surface area contributed by atoms with Crippen LogP contribution >= 0.6 is 0 Å². The van der Waals surface area contributed by atoms with Crippen molar-refractivity contribution in [3.63, 3.8) is 0 Å². The molecule has 0 aromatic rings. The standard InChI is InChI=1S/C11H25OSi/c1-6-7-8-9-13(12,10(2)3)11(4)5/h10-11H,6-9H2,1-5H3. The molecule has 1 radical (unpaired) electrons. The largest absolute Gasteiger partial charge is 0.297 e. The lowest BCUT2D eigenvalue weighted by atomic mass is 10.3. The molecule has 0 rings (SSSR count). The average molecular weight is 201 g/mol. The van der Waals surface area contributed by atoms with Gasteiger partial charge in [0, 0.05) is 0 Å². The molecule has 0 fully saturated rings. The van der Waals surface area contributed by atoms with Gasteiger partial charge in [0.15, 0.2) is 0 Å². The Labute approximate surface area is 84.7 Å². The third-order valence-electron chi connectivity index (χ3n) is 3.13. The summed E-state index contributed by atoms with van der Waals surface area (Å²) in [6, 6.07) is 0.982. The van der Waals surface area contributed by atoms with Gasteiger partial charge in [-0.05, 0) is 17.1 Å². The summed E-state index contributed by atoms with van der Waals surface area (Å²) in [5.74, 6) is 0. The van der Waals surface area contributed by atoms with Gasteiger partial charge >= 0.3 is 0 Å². The van der Waals surface area contributed by atoms with Crippen LogP contribution in [0.3, 0.4) is 0 Å². The maximum absolute atomic E-state index is 12.5. The van der Waals surface area contributed by atoms with Crippen LogP contribution in [0, 0.1) is 0 Å². The molecule has 0 spiro atoms. The summed E-state index contributed by atoms with van der Waals surface area (Å²) in [4.78, 5) is 12.5. The van der Waals surface area contributed by atoms with E-state index in [1.54, 1.807) is 0 Å². The fourth-order valence-corrected chi connectivity index (χ4v) is 5.19. The molecule has 0 N–H and O–H groups in total. The normalized spacial score (nSPS) is 12.9. The highest BCUT2D eigenvalue weighted by molar-refractivity contribution is 6.74. The highest BCUT2D eigenvalue weighted by Crippen LogP contribution is 2.35. The first-order chi connectivity index (χ1) is 5.95. The second-order valence-corrected chi connectivity index (χ2v) is 9.44. The van der Waals surface area contributed by atoms with E-state index in [0.717, 1.165) is 12.5 Å². The lowest BCUT2D eigenvalue weighted by Crippen LogP contribution is -2.39. The Morgan fingerprint density at radius 1 is 1.00 bits per heavy atom. The van der Waals surface area contributed by atoms with Gasteiger partial charge in [-0.2, -0.15) is 0 Å². The summed E-state index contributed by atoms with van der Waals surface area (Å²) in [5, 5.41) is 0. The molecule has 0 aromatic carbocycles. The Morgan fingerprint density at radius 2 is 1.46 bits per heavy atom. The molecule has 0 unspecified atom stereocenters. The minimum atomic E-state index is -2.19. The molecule has 0 aliphatic heterocycles. The third kappa shape index (κ3) is 3.82. The molecule has 0 saturated heterocycles. The average Bonchev–Trinajstić information content (AvgIpc) is 2.03. The number of unbranched alkanes of at least 4 members (excludes halogenated alkanes) is 2. The molecule has 0 amide bonds. The van der Waals surface area contributed by atoms with E-state index < -0.39 is 8.32 Å². The smallest absolute Gasteiger partial charge is 0.242 e. The van der Waals surface area contributed by atoms with Gasteiger partial charge in [-0.25, -0.2) is 0 Å². The second-order valence-electron chi connectivity index (χ2n) is 4.72. The Morgan fingerprint density at radius 3 is 1.77 bits per heavy atom. The summed E-state index contributed by atoms with van der Waals surface area (Å²) in [6.45, 7) is 10.7. The summed E-state index contributed by atoms with van der Waals surface area (Å²) in [5.41, 5.74) is 0.786.